The molecule has 0 spiro atoms. The van der Waals surface area contributed by atoms with Gasteiger partial charge in [-0.15, -0.1) is 0 Å². The van der Waals surface area contributed by atoms with Gasteiger partial charge in [-0.3, -0.25) is 19.8 Å². The first-order valence-corrected chi connectivity index (χ1v) is 10.2. The lowest BCUT2D eigenvalue weighted by atomic mass is 9.86. The van der Waals surface area contributed by atoms with Crippen molar-refractivity contribution in [2.75, 3.05) is 12.0 Å². The molecular formula is C24H19F3N2O5. The Morgan fingerprint density at radius 3 is 2.29 bits per heavy atom. The summed E-state index contributed by atoms with van der Waals surface area (Å²) in [6, 6.07) is 14.8. The molecule has 4 rings (SSSR count). The second-order valence-corrected chi connectivity index (χ2v) is 7.75. The summed E-state index contributed by atoms with van der Waals surface area (Å²) in [4.78, 5) is 25.2. The molecule has 0 aromatic heterocycles. The summed E-state index contributed by atoms with van der Waals surface area (Å²) in [5.74, 6) is -1.50. The molecule has 0 saturated carbocycles. The average molecular weight is 472 g/mol. The Morgan fingerprint density at radius 2 is 1.68 bits per heavy atom. The van der Waals surface area contributed by atoms with Crippen molar-refractivity contribution in [1.29, 1.82) is 0 Å². The summed E-state index contributed by atoms with van der Waals surface area (Å²) in [7, 11) is 1.45. The van der Waals surface area contributed by atoms with E-state index < -0.39 is 40.3 Å². The van der Waals surface area contributed by atoms with Crippen LogP contribution < -0.4 is 9.64 Å². The first-order valence-electron chi connectivity index (χ1n) is 10.2. The van der Waals surface area contributed by atoms with Gasteiger partial charge >= 0.3 is 6.18 Å². The normalized spacial score (nSPS) is 18.3. The van der Waals surface area contributed by atoms with Gasteiger partial charge in [-0.25, -0.2) is 0 Å². The highest BCUT2D eigenvalue weighted by Crippen LogP contribution is 2.45. The Balaban J connectivity index is 1.97. The molecule has 176 valence electrons. The molecule has 1 aliphatic heterocycles. The van der Waals surface area contributed by atoms with Crippen molar-refractivity contribution in [3.05, 3.63) is 93.5 Å². The second kappa shape index (κ2) is 8.79. The molecule has 0 radical (unpaired) electrons. The van der Waals surface area contributed by atoms with Gasteiger partial charge < -0.3 is 9.84 Å². The standard InChI is InChI=1S/C24H19F3N2O5/c1-34-15-11-9-14(10-12-15)16-13-17-18(24(25,26)27)5-4-8-19(17)28(23(31)22(16)30)20-6-2-3-7-21(20)29(32)33/h2-12,16,22,30H,13H2,1H3/t16?,22-/m1/s1. The highest BCUT2D eigenvalue weighted by molar-refractivity contribution is 6.06. The first-order chi connectivity index (χ1) is 16.1. The lowest BCUT2D eigenvalue weighted by Crippen LogP contribution is -2.38. The van der Waals surface area contributed by atoms with E-state index in [-0.39, 0.29) is 23.4 Å². The van der Waals surface area contributed by atoms with Gasteiger partial charge in [-0.2, -0.15) is 13.2 Å². The SMILES string of the molecule is COc1ccc(C2Cc3c(cccc3C(F)(F)F)N(c3ccccc3[N+](=O)[O-])C(=O)[C@@H]2O)cc1. The molecule has 1 aliphatic rings. The predicted octanol–water partition coefficient (Wildman–Crippen LogP) is 4.99. The summed E-state index contributed by atoms with van der Waals surface area (Å²) in [5, 5.41) is 22.7. The van der Waals surface area contributed by atoms with E-state index in [0.717, 1.165) is 23.1 Å². The van der Waals surface area contributed by atoms with Crippen LogP contribution in [0.4, 0.5) is 30.2 Å². The van der Waals surface area contributed by atoms with E-state index in [4.69, 9.17) is 4.74 Å². The van der Waals surface area contributed by atoms with Crippen LogP contribution in [0.25, 0.3) is 0 Å². The number of nitro benzene ring substituents is 1. The molecule has 7 nitrogen and oxygen atoms in total. The van der Waals surface area contributed by atoms with Gasteiger partial charge in [-0.1, -0.05) is 30.3 Å². The highest BCUT2D eigenvalue weighted by atomic mass is 19.4. The third-order valence-corrected chi connectivity index (χ3v) is 5.84. The number of ether oxygens (including phenoxy) is 1. The molecule has 3 aromatic rings. The van der Waals surface area contributed by atoms with Crippen LogP contribution in [0.1, 0.15) is 22.6 Å². The van der Waals surface area contributed by atoms with Crippen LogP contribution in [0.5, 0.6) is 5.75 Å². The zero-order valence-electron chi connectivity index (χ0n) is 17.8. The number of anilines is 2. The number of nitrogens with zero attached hydrogens (tertiary/aromatic N) is 2. The number of hydrogen-bond donors (Lipinski definition) is 1. The first kappa shape index (κ1) is 23.2. The maximum atomic E-state index is 14.0. The summed E-state index contributed by atoms with van der Waals surface area (Å²) in [6.45, 7) is 0. The zero-order chi connectivity index (χ0) is 24.6. The molecule has 0 saturated heterocycles. The molecule has 0 aliphatic carbocycles. The van der Waals surface area contributed by atoms with E-state index in [1.165, 1.54) is 31.4 Å². The molecule has 1 unspecified atom stereocenters. The molecule has 0 bridgehead atoms. The van der Waals surface area contributed by atoms with Crippen LogP contribution >= 0.6 is 0 Å². The summed E-state index contributed by atoms with van der Waals surface area (Å²) < 4.78 is 47.0. The van der Waals surface area contributed by atoms with Gasteiger partial charge in [0.05, 0.1) is 23.3 Å². The van der Waals surface area contributed by atoms with Gasteiger partial charge in [0.1, 0.15) is 17.5 Å². The number of rotatable bonds is 4. The van der Waals surface area contributed by atoms with E-state index in [0.29, 0.717) is 11.3 Å². The van der Waals surface area contributed by atoms with E-state index in [2.05, 4.69) is 0 Å². The lowest BCUT2D eigenvalue weighted by molar-refractivity contribution is -0.384. The maximum absolute atomic E-state index is 14.0. The van der Waals surface area contributed by atoms with E-state index >= 15 is 0 Å². The van der Waals surface area contributed by atoms with Gasteiger partial charge in [0.15, 0.2) is 0 Å². The Hall–Kier alpha value is -3.92. The molecule has 2 atom stereocenters. The van der Waals surface area contributed by atoms with E-state index in [9.17, 15) is 33.2 Å². The fourth-order valence-corrected chi connectivity index (χ4v) is 4.23. The van der Waals surface area contributed by atoms with Gasteiger partial charge in [0.2, 0.25) is 0 Å². The smallest absolute Gasteiger partial charge is 0.416 e. The van der Waals surface area contributed by atoms with Crippen molar-refractivity contribution in [1.82, 2.24) is 0 Å². The quantitative estimate of drug-likeness (QED) is 0.427. The van der Waals surface area contributed by atoms with Crippen LogP contribution in [-0.2, 0) is 17.4 Å². The number of carbonyl (C=O) groups excluding carboxylic acids is 1. The number of fused-ring (bicyclic) bond motifs is 1. The molecule has 1 heterocycles. The minimum atomic E-state index is -4.75. The molecule has 1 N–H and O–H groups in total. The van der Waals surface area contributed by atoms with Crippen LogP contribution in [0.2, 0.25) is 0 Å². The average Bonchev–Trinajstić information content (AvgIpc) is 2.92. The maximum Gasteiger partial charge on any atom is 0.416 e. The Morgan fingerprint density at radius 1 is 1.03 bits per heavy atom. The summed E-state index contributed by atoms with van der Waals surface area (Å²) >= 11 is 0. The highest BCUT2D eigenvalue weighted by Gasteiger charge is 2.43. The number of carbonyl (C=O) groups is 1. The predicted molar refractivity (Wildman–Crippen MR) is 117 cm³/mol. The minimum absolute atomic E-state index is 0.163. The van der Waals surface area contributed by atoms with Crippen molar-refractivity contribution in [2.24, 2.45) is 0 Å². The minimum Gasteiger partial charge on any atom is -0.497 e. The fraction of sp³-hybridized carbons (Fsp3) is 0.208. The number of alkyl halides is 3. The van der Waals surface area contributed by atoms with Gasteiger partial charge in [0, 0.05) is 12.0 Å². The number of nitro groups is 1. The van der Waals surface area contributed by atoms with Crippen LogP contribution in [0.15, 0.2) is 66.7 Å². The Kier molecular flexibility index (Phi) is 6.01. The van der Waals surface area contributed by atoms with Crippen LogP contribution in [-0.4, -0.2) is 29.2 Å². The van der Waals surface area contributed by atoms with Crippen molar-refractivity contribution in [2.45, 2.75) is 24.6 Å². The van der Waals surface area contributed by atoms with Crippen LogP contribution in [0.3, 0.4) is 0 Å². The number of aliphatic hydroxyl groups is 1. The van der Waals surface area contributed by atoms with Crippen molar-refractivity contribution >= 4 is 23.0 Å². The lowest BCUT2D eigenvalue weighted by Gasteiger charge is -2.26. The number of hydrogen-bond acceptors (Lipinski definition) is 5. The largest absolute Gasteiger partial charge is 0.497 e. The van der Waals surface area contributed by atoms with Gasteiger partial charge in [0.25, 0.3) is 11.6 Å². The number of halogens is 3. The number of methoxy groups -OCH3 is 1. The number of para-hydroxylation sites is 2. The van der Waals surface area contributed by atoms with Crippen molar-refractivity contribution in [3.8, 4) is 5.75 Å². The molecular weight excluding hydrogens is 453 g/mol. The molecule has 3 aromatic carbocycles. The van der Waals surface area contributed by atoms with Crippen molar-refractivity contribution in [3.63, 3.8) is 0 Å². The number of aliphatic hydroxyl groups excluding tert-OH is 1. The fourth-order valence-electron chi connectivity index (χ4n) is 4.23. The molecule has 0 fully saturated rings. The summed E-state index contributed by atoms with van der Waals surface area (Å²) in [5.41, 5.74) is -1.66. The van der Waals surface area contributed by atoms with Crippen LogP contribution in [0, 0.1) is 10.1 Å². The van der Waals surface area contributed by atoms with E-state index in [1.807, 2.05) is 0 Å². The monoisotopic (exact) mass is 472 g/mol. The third-order valence-electron chi connectivity index (χ3n) is 5.84. The second-order valence-electron chi connectivity index (χ2n) is 7.75. The Labute approximate surface area is 192 Å². The topological polar surface area (TPSA) is 92.9 Å². The van der Waals surface area contributed by atoms with Crippen molar-refractivity contribution < 1.29 is 32.7 Å². The number of amides is 1. The number of benzene rings is 3. The molecule has 1 amide bonds. The zero-order valence-corrected chi connectivity index (χ0v) is 17.8. The van der Waals surface area contributed by atoms with Gasteiger partial charge in [-0.05, 0) is 47.9 Å². The molecule has 34 heavy (non-hydrogen) atoms. The summed E-state index contributed by atoms with van der Waals surface area (Å²) in [6.07, 6.45) is -6.83. The Bertz CT molecular complexity index is 1240. The third kappa shape index (κ3) is 4.08. The molecule has 10 heteroatoms. The van der Waals surface area contributed by atoms with E-state index in [1.54, 1.807) is 24.3 Å².